The van der Waals surface area contributed by atoms with E-state index in [-0.39, 0.29) is 0 Å². The van der Waals surface area contributed by atoms with Crippen molar-refractivity contribution in [2.45, 2.75) is 4.90 Å². The predicted octanol–water partition coefficient (Wildman–Crippen LogP) is 2.29. The van der Waals surface area contributed by atoms with Crippen LogP contribution in [0.2, 0.25) is 0 Å². The molecule has 0 aliphatic carbocycles. The molecule has 1 heterocycles. The molecule has 1 aromatic carbocycles. The van der Waals surface area contributed by atoms with Gasteiger partial charge in [0.25, 0.3) is 0 Å². The highest BCUT2D eigenvalue weighted by Crippen LogP contribution is 2.33. The second-order valence-electron chi connectivity index (χ2n) is 2.42. The Kier molecular flexibility index (Phi) is 1.87. The molecule has 0 saturated heterocycles. The highest BCUT2D eigenvalue weighted by molar-refractivity contribution is 8.03. The first kappa shape index (κ1) is 7.43. The van der Waals surface area contributed by atoms with Crippen molar-refractivity contribution in [3.05, 3.63) is 35.4 Å². The van der Waals surface area contributed by atoms with Gasteiger partial charge in [-0.05, 0) is 18.2 Å². The number of para-hydroxylation sites is 1. The number of aliphatic imine (C=N–C) groups is 1. The summed E-state index contributed by atoms with van der Waals surface area (Å²) < 4.78 is 0. The third-order valence-corrected chi connectivity index (χ3v) is 2.48. The van der Waals surface area contributed by atoms with E-state index in [9.17, 15) is 0 Å². The molecule has 3 heteroatoms. The number of hydrogen-bond donors (Lipinski definition) is 1. The summed E-state index contributed by atoms with van der Waals surface area (Å²) in [6.45, 7) is 0. The molecule has 1 aromatic rings. The van der Waals surface area contributed by atoms with Gasteiger partial charge in [-0.2, -0.15) is 0 Å². The molecule has 60 valence electrons. The molecule has 0 saturated carbocycles. The van der Waals surface area contributed by atoms with Gasteiger partial charge in [0.2, 0.25) is 0 Å². The minimum Gasteiger partial charge on any atom is -0.393 e. The van der Waals surface area contributed by atoms with Gasteiger partial charge in [-0.25, -0.2) is 0 Å². The smallest absolute Gasteiger partial charge is 0.0769 e. The molecule has 0 spiro atoms. The molecule has 0 radical (unpaired) electrons. The number of nitrogens with zero attached hydrogens (tertiary/aromatic N) is 1. The van der Waals surface area contributed by atoms with Crippen LogP contribution in [-0.4, -0.2) is 6.21 Å². The molecule has 0 fully saturated rings. The SMILES string of the molecule is NC1=CC=Nc2ccccc2S1. The van der Waals surface area contributed by atoms with E-state index in [0.717, 1.165) is 15.6 Å². The van der Waals surface area contributed by atoms with Gasteiger partial charge in [0.05, 0.1) is 10.7 Å². The Morgan fingerprint density at radius 2 is 2.08 bits per heavy atom. The summed E-state index contributed by atoms with van der Waals surface area (Å²) in [5.41, 5.74) is 6.67. The van der Waals surface area contributed by atoms with E-state index < -0.39 is 0 Å². The number of rotatable bonds is 0. The Morgan fingerprint density at radius 1 is 1.25 bits per heavy atom. The Labute approximate surface area is 75.2 Å². The van der Waals surface area contributed by atoms with E-state index in [4.69, 9.17) is 5.73 Å². The highest BCUT2D eigenvalue weighted by Gasteiger charge is 2.03. The lowest BCUT2D eigenvalue weighted by molar-refractivity contribution is 1.39. The molecule has 0 unspecified atom stereocenters. The van der Waals surface area contributed by atoms with Crippen molar-refractivity contribution in [2.75, 3.05) is 0 Å². The molecule has 0 atom stereocenters. The molecule has 1 aliphatic rings. The second-order valence-corrected chi connectivity index (χ2v) is 3.53. The zero-order valence-corrected chi connectivity index (χ0v) is 7.21. The number of allylic oxidation sites excluding steroid dienone is 1. The Bertz CT molecular complexity index is 355. The molecule has 0 amide bonds. The highest BCUT2D eigenvalue weighted by atomic mass is 32.2. The fourth-order valence-corrected chi connectivity index (χ4v) is 1.76. The van der Waals surface area contributed by atoms with Crippen molar-refractivity contribution in [1.29, 1.82) is 0 Å². The summed E-state index contributed by atoms with van der Waals surface area (Å²) in [4.78, 5) is 5.35. The molecule has 1 aliphatic heterocycles. The van der Waals surface area contributed by atoms with Crippen molar-refractivity contribution < 1.29 is 0 Å². The van der Waals surface area contributed by atoms with E-state index in [0.29, 0.717) is 0 Å². The van der Waals surface area contributed by atoms with Crippen LogP contribution in [0.3, 0.4) is 0 Å². The maximum atomic E-state index is 5.68. The van der Waals surface area contributed by atoms with E-state index in [1.54, 1.807) is 18.0 Å². The van der Waals surface area contributed by atoms with Gasteiger partial charge >= 0.3 is 0 Å². The summed E-state index contributed by atoms with van der Waals surface area (Å²) in [5.74, 6) is 0. The summed E-state index contributed by atoms with van der Waals surface area (Å²) in [6, 6.07) is 7.95. The van der Waals surface area contributed by atoms with Gasteiger partial charge in [-0.3, -0.25) is 4.99 Å². The number of benzene rings is 1. The fraction of sp³-hybridized carbons (Fsp3) is 0. The van der Waals surface area contributed by atoms with Crippen LogP contribution < -0.4 is 5.73 Å². The predicted molar refractivity (Wildman–Crippen MR) is 52.7 cm³/mol. The summed E-state index contributed by atoms with van der Waals surface area (Å²) >= 11 is 1.55. The largest absolute Gasteiger partial charge is 0.393 e. The number of nitrogens with two attached hydrogens (primary N) is 1. The van der Waals surface area contributed by atoms with E-state index in [1.165, 1.54) is 0 Å². The first-order valence-corrected chi connectivity index (χ1v) is 4.44. The first-order valence-electron chi connectivity index (χ1n) is 3.63. The fourth-order valence-electron chi connectivity index (χ4n) is 1.00. The van der Waals surface area contributed by atoms with Crippen LogP contribution >= 0.6 is 11.8 Å². The summed E-state index contributed by atoms with van der Waals surface area (Å²) in [5, 5.41) is 0.781. The van der Waals surface area contributed by atoms with Crippen molar-refractivity contribution in [1.82, 2.24) is 0 Å². The van der Waals surface area contributed by atoms with E-state index in [1.807, 2.05) is 30.3 Å². The monoisotopic (exact) mass is 176 g/mol. The van der Waals surface area contributed by atoms with Crippen LogP contribution in [0, 0.1) is 0 Å². The van der Waals surface area contributed by atoms with Crippen LogP contribution in [0.4, 0.5) is 5.69 Å². The van der Waals surface area contributed by atoms with Gasteiger partial charge in [-0.15, -0.1) is 0 Å². The van der Waals surface area contributed by atoms with E-state index in [2.05, 4.69) is 4.99 Å². The van der Waals surface area contributed by atoms with Crippen LogP contribution in [0.15, 0.2) is 45.3 Å². The molecule has 0 aromatic heterocycles. The average Bonchev–Trinajstić information content (AvgIpc) is 2.25. The van der Waals surface area contributed by atoms with Crippen LogP contribution in [0.25, 0.3) is 0 Å². The van der Waals surface area contributed by atoms with Crippen LogP contribution in [0.1, 0.15) is 0 Å². The van der Waals surface area contributed by atoms with Gasteiger partial charge in [0.1, 0.15) is 0 Å². The van der Waals surface area contributed by atoms with Crippen molar-refractivity contribution >= 4 is 23.7 Å². The minimum absolute atomic E-state index is 0.781. The second kappa shape index (κ2) is 3.03. The standard InChI is InChI=1S/C9H8N2S/c10-9-5-6-11-7-3-1-2-4-8(7)12-9/h1-6H,10H2. The van der Waals surface area contributed by atoms with Crippen molar-refractivity contribution in [3.8, 4) is 0 Å². The van der Waals surface area contributed by atoms with Crippen LogP contribution in [-0.2, 0) is 0 Å². The normalized spacial score (nSPS) is 14.8. The maximum Gasteiger partial charge on any atom is 0.0769 e. The number of thioether (sulfide) groups is 1. The molecule has 2 N–H and O–H groups in total. The maximum absolute atomic E-state index is 5.68. The van der Waals surface area contributed by atoms with E-state index >= 15 is 0 Å². The first-order chi connectivity index (χ1) is 5.86. The molecular formula is C9H8N2S. The van der Waals surface area contributed by atoms with Gasteiger partial charge in [0, 0.05) is 11.1 Å². The van der Waals surface area contributed by atoms with Crippen molar-refractivity contribution in [3.63, 3.8) is 0 Å². The van der Waals surface area contributed by atoms with Gasteiger partial charge in [0.15, 0.2) is 0 Å². The van der Waals surface area contributed by atoms with Gasteiger partial charge < -0.3 is 5.73 Å². The molecular weight excluding hydrogens is 168 g/mol. The molecule has 0 bridgehead atoms. The molecule has 12 heavy (non-hydrogen) atoms. The lowest BCUT2D eigenvalue weighted by atomic mass is 10.3. The zero-order valence-electron chi connectivity index (χ0n) is 6.40. The third kappa shape index (κ3) is 1.36. The van der Waals surface area contributed by atoms with Gasteiger partial charge in [-0.1, -0.05) is 23.9 Å². The Morgan fingerprint density at radius 3 is 3.00 bits per heavy atom. The summed E-state index contributed by atoms with van der Waals surface area (Å²) in [7, 11) is 0. The Balaban J connectivity index is 2.49. The van der Waals surface area contributed by atoms with Crippen molar-refractivity contribution in [2.24, 2.45) is 10.7 Å². The lowest BCUT2D eigenvalue weighted by Crippen LogP contribution is -1.90. The van der Waals surface area contributed by atoms with Crippen LogP contribution in [0.5, 0.6) is 0 Å². The molecule has 2 rings (SSSR count). The zero-order chi connectivity index (χ0) is 8.39. The number of fused-ring (bicyclic) bond motifs is 1. The third-order valence-electron chi connectivity index (χ3n) is 1.55. The quantitative estimate of drug-likeness (QED) is 0.658. The average molecular weight is 176 g/mol. The topological polar surface area (TPSA) is 38.4 Å². The lowest BCUT2D eigenvalue weighted by Gasteiger charge is -2.00. The number of hydrogen-bond acceptors (Lipinski definition) is 3. The minimum atomic E-state index is 0.781. The summed E-state index contributed by atoms with van der Waals surface area (Å²) in [6.07, 6.45) is 3.54. The Hall–Kier alpha value is -1.22. The molecule has 2 nitrogen and oxygen atoms in total.